The summed E-state index contributed by atoms with van der Waals surface area (Å²) in [5.41, 5.74) is 4.48. The lowest BCUT2D eigenvalue weighted by atomic mass is 10.1. The van der Waals surface area contributed by atoms with Gasteiger partial charge in [0, 0.05) is 54.6 Å². The molecule has 154 valence electrons. The predicted octanol–water partition coefficient (Wildman–Crippen LogP) is 4.15. The Bertz CT molecular complexity index is 1190. The summed E-state index contributed by atoms with van der Waals surface area (Å²) in [6, 6.07) is 9.87. The highest BCUT2D eigenvalue weighted by molar-refractivity contribution is 6.36. The van der Waals surface area contributed by atoms with Crippen LogP contribution >= 0.6 is 23.2 Å². The molecule has 5 rings (SSSR count). The lowest BCUT2D eigenvalue weighted by Crippen LogP contribution is -2.48. The lowest BCUT2D eigenvalue weighted by Gasteiger charge is -2.31. The van der Waals surface area contributed by atoms with Gasteiger partial charge in [-0.3, -0.25) is 4.90 Å². The van der Waals surface area contributed by atoms with E-state index in [9.17, 15) is 0 Å². The van der Waals surface area contributed by atoms with Crippen LogP contribution in [-0.2, 0) is 6.54 Å². The Morgan fingerprint density at radius 3 is 2.90 bits per heavy atom. The van der Waals surface area contributed by atoms with Crippen molar-refractivity contribution in [3.05, 3.63) is 58.7 Å². The molecular weight excluding hydrogens is 423 g/mol. The zero-order chi connectivity index (χ0) is 20.7. The van der Waals surface area contributed by atoms with Gasteiger partial charge in [0.2, 0.25) is 12.2 Å². The molecule has 0 amide bonds. The van der Waals surface area contributed by atoms with Crippen LogP contribution in [0.2, 0.25) is 10.0 Å². The van der Waals surface area contributed by atoms with E-state index >= 15 is 0 Å². The van der Waals surface area contributed by atoms with Crippen molar-refractivity contribution >= 4 is 28.8 Å². The van der Waals surface area contributed by atoms with E-state index in [4.69, 9.17) is 32.7 Å². The smallest absolute Gasteiger partial charge is 0.214 e. The van der Waals surface area contributed by atoms with Crippen LogP contribution < -0.4 is 5.32 Å². The largest absolute Gasteiger partial charge is 0.342 e. The molecule has 9 heteroatoms. The number of nitrogens with zero attached hydrogens (tertiary/aromatic N) is 5. The fourth-order valence-electron chi connectivity index (χ4n) is 3.94. The third kappa shape index (κ3) is 3.70. The molecular formula is C21H20Cl2N6O. The number of nitrogens with one attached hydrogen (secondary N) is 1. The van der Waals surface area contributed by atoms with Gasteiger partial charge in [0.25, 0.3) is 0 Å². The SMILES string of the molecule is CC1CN(Cc2c(-c3ccc(Cl)cc3Cl)nc3ccc(-c4ncon4)cn23)CCN1. The van der Waals surface area contributed by atoms with Crippen molar-refractivity contribution in [2.24, 2.45) is 0 Å². The van der Waals surface area contributed by atoms with Crippen LogP contribution in [0, 0.1) is 0 Å². The number of rotatable bonds is 4. The maximum atomic E-state index is 6.55. The van der Waals surface area contributed by atoms with Gasteiger partial charge in [0.05, 0.1) is 16.4 Å². The molecule has 0 spiro atoms. The molecule has 1 atom stereocenters. The van der Waals surface area contributed by atoms with Gasteiger partial charge in [-0.25, -0.2) is 4.98 Å². The predicted molar refractivity (Wildman–Crippen MR) is 117 cm³/mol. The van der Waals surface area contributed by atoms with E-state index < -0.39 is 0 Å². The van der Waals surface area contributed by atoms with Crippen molar-refractivity contribution in [1.82, 2.24) is 29.7 Å². The molecule has 0 saturated carbocycles. The molecule has 0 radical (unpaired) electrons. The number of hydrogen-bond donors (Lipinski definition) is 1. The molecule has 1 unspecified atom stereocenters. The van der Waals surface area contributed by atoms with Crippen LogP contribution in [0.4, 0.5) is 0 Å². The van der Waals surface area contributed by atoms with E-state index in [1.165, 1.54) is 6.39 Å². The van der Waals surface area contributed by atoms with Crippen LogP contribution in [0.5, 0.6) is 0 Å². The molecule has 0 aliphatic carbocycles. The van der Waals surface area contributed by atoms with E-state index in [0.29, 0.717) is 21.9 Å². The maximum Gasteiger partial charge on any atom is 0.214 e. The maximum absolute atomic E-state index is 6.55. The Hall–Kier alpha value is -2.45. The number of benzene rings is 1. The second-order valence-corrected chi connectivity index (χ2v) is 8.37. The van der Waals surface area contributed by atoms with Crippen molar-refractivity contribution < 1.29 is 4.52 Å². The minimum Gasteiger partial charge on any atom is -0.342 e. The molecule has 4 heterocycles. The first-order chi connectivity index (χ1) is 14.6. The van der Waals surface area contributed by atoms with Crippen LogP contribution in [0.25, 0.3) is 28.3 Å². The van der Waals surface area contributed by atoms with Crippen molar-refractivity contribution in [2.45, 2.75) is 19.5 Å². The number of pyridine rings is 1. The van der Waals surface area contributed by atoms with Crippen LogP contribution in [0.15, 0.2) is 47.4 Å². The standard InChI is InChI=1S/C21H20Cl2N6O/c1-13-9-28(7-6-24-13)11-18-20(16-4-3-15(22)8-17(16)23)26-19-5-2-14(10-29(18)19)21-25-12-30-27-21/h2-5,8,10,12-13,24H,6-7,9,11H2,1H3. The van der Waals surface area contributed by atoms with Gasteiger partial charge in [-0.2, -0.15) is 4.98 Å². The summed E-state index contributed by atoms with van der Waals surface area (Å²) in [4.78, 5) is 11.5. The van der Waals surface area contributed by atoms with E-state index in [1.807, 2.05) is 30.5 Å². The summed E-state index contributed by atoms with van der Waals surface area (Å²) in [6.07, 6.45) is 3.33. The molecule has 3 aromatic heterocycles. The molecule has 4 aromatic rings. The number of fused-ring (bicyclic) bond motifs is 1. The van der Waals surface area contributed by atoms with Crippen molar-refractivity contribution in [3.8, 4) is 22.6 Å². The van der Waals surface area contributed by atoms with Gasteiger partial charge >= 0.3 is 0 Å². The van der Waals surface area contributed by atoms with Gasteiger partial charge in [-0.15, -0.1) is 0 Å². The fourth-order valence-corrected chi connectivity index (χ4v) is 4.44. The van der Waals surface area contributed by atoms with Crippen molar-refractivity contribution in [2.75, 3.05) is 19.6 Å². The number of aromatic nitrogens is 4. The fraction of sp³-hybridized carbons (Fsp3) is 0.286. The Labute approximate surface area is 183 Å². The van der Waals surface area contributed by atoms with Crippen LogP contribution in [-0.4, -0.2) is 50.1 Å². The molecule has 30 heavy (non-hydrogen) atoms. The summed E-state index contributed by atoms with van der Waals surface area (Å²) in [5.74, 6) is 0.540. The Morgan fingerprint density at radius 2 is 2.13 bits per heavy atom. The van der Waals surface area contributed by atoms with Gasteiger partial charge in [0.15, 0.2) is 0 Å². The summed E-state index contributed by atoms with van der Waals surface area (Å²) in [5, 5.41) is 8.64. The number of imidazole rings is 1. The zero-order valence-electron chi connectivity index (χ0n) is 16.3. The van der Waals surface area contributed by atoms with Gasteiger partial charge in [0.1, 0.15) is 5.65 Å². The monoisotopic (exact) mass is 442 g/mol. The average Bonchev–Trinajstić information content (AvgIpc) is 3.37. The Morgan fingerprint density at radius 1 is 1.23 bits per heavy atom. The van der Waals surface area contributed by atoms with Gasteiger partial charge < -0.3 is 14.2 Å². The first-order valence-corrected chi connectivity index (χ1v) is 10.5. The second-order valence-electron chi connectivity index (χ2n) is 7.52. The van der Waals surface area contributed by atoms with Crippen molar-refractivity contribution in [1.29, 1.82) is 0 Å². The zero-order valence-corrected chi connectivity index (χ0v) is 17.9. The summed E-state index contributed by atoms with van der Waals surface area (Å²) in [7, 11) is 0. The number of hydrogen-bond acceptors (Lipinski definition) is 6. The number of piperazine rings is 1. The summed E-state index contributed by atoms with van der Waals surface area (Å²) < 4.78 is 7.01. The Kier molecular flexibility index (Phi) is 5.20. The number of halogens is 2. The minimum absolute atomic E-state index is 0.440. The quantitative estimate of drug-likeness (QED) is 0.511. The third-order valence-corrected chi connectivity index (χ3v) is 5.90. The van der Waals surface area contributed by atoms with Gasteiger partial charge in [-0.1, -0.05) is 28.4 Å². The molecule has 1 aliphatic heterocycles. The second kappa shape index (κ2) is 8.00. The lowest BCUT2D eigenvalue weighted by molar-refractivity contribution is 0.197. The van der Waals surface area contributed by atoms with Crippen molar-refractivity contribution in [3.63, 3.8) is 0 Å². The van der Waals surface area contributed by atoms with E-state index in [-0.39, 0.29) is 0 Å². The van der Waals surface area contributed by atoms with E-state index in [0.717, 1.165) is 54.3 Å². The molecule has 1 fully saturated rings. The topological polar surface area (TPSA) is 71.5 Å². The highest BCUT2D eigenvalue weighted by Crippen LogP contribution is 2.34. The first-order valence-electron chi connectivity index (χ1n) is 9.77. The highest BCUT2D eigenvalue weighted by atomic mass is 35.5. The van der Waals surface area contributed by atoms with Crippen LogP contribution in [0.1, 0.15) is 12.6 Å². The minimum atomic E-state index is 0.440. The molecule has 7 nitrogen and oxygen atoms in total. The molecule has 1 N–H and O–H groups in total. The summed E-state index contributed by atoms with van der Waals surface area (Å²) >= 11 is 12.7. The van der Waals surface area contributed by atoms with Gasteiger partial charge in [-0.05, 0) is 37.3 Å². The third-order valence-electron chi connectivity index (χ3n) is 5.35. The van der Waals surface area contributed by atoms with Crippen LogP contribution in [0.3, 0.4) is 0 Å². The summed E-state index contributed by atoms with van der Waals surface area (Å²) in [6.45, 7) is 5.84. The molecule has 1 saturated heterocycles. The average molecular weight is 443 g/mol. The first kappa shape index (κ1) is 19.5. The molecule has 1 aromatic carbocycles. The molecule has 1 aliphatic rings. The normalized spacial score (nSPS) is 17.6. The van der Waals surface area contributed by atoms with E-state index in [1.54, 1.807) is 6.07 Å². The molecule has 0 bridgehead atoms. The highest BCUT2D eigenvalue weighted by Gasteiger charge is 2.22. The van der Waals surface area contributed by atoms with E-state index in [2.05, 4.69) is 31.7 Å². The Balaban J connectivity index is 1.65.